The summed E-state index contributed by atoms with van der Waals surface area (Å²) in [4.78, 5) is 31.0. The topological polar surface area (TPSA) is 64.7 Å². The van der Waals surface area contributed by atoms with E-state index in [4.69, 9.17) is 0 Å². The van der Waals surface area contributed by atoms with Crippen LogP contribution in [0.25, 0.3) is 10.8 Å². The van der Waals surface area contributed by atoms with E-state index in [9.17, 15) is 9.59 Å². The standard InChI is InChI=1S/C31H38N4O2.ClH/c1-22(32-2)30(36)33-28-17-16-23-10-4-7-13-29(23)35(31(28)37)21-25-15-14-24(20-34-18-8-3-9-19-34)26-11-5-6-12-27(25)26;/h4-7,10-15,22,28,32H,3,8-9,16-21H2,1-2H3,(H,33,36);1H/t22-,28-;/m0./s1. The number of piperidine rings is 1. The van der Waals surface area contributed by atoms with Gasteiger partial charge in [0.25, 0.3) is 0 Å². The maximum absolute atomic E-state index is 13.9. The van der Waals surface area contributed by atoms with Gasteiger partial charge in [-0.2, -0.15) is 0 Å². The molecule has 2 aliphatic heterocycles. The Morgan fingerprint density at radius 1 is 0.921 bits per heavy atom. The lowest BCUT2D eigenvalue weighted by Gasteiger charge is -2.29. The van der Waals surface area contributed by atoms with Gasteiger partial charge in [0.2, 0.25) is 11.8 Å². The van der Waals surface area contributed by atoms with Crippen LogP contribution in [0.2, 0.25) is 0 Å². The van der Waals surface area contributed by atoms with Crippen LogP contribution in [0.15, 0.2) is 60.7 Å². The minimum absolute atomic E-state index is 0. The average molecular weight is 535 g/mol. The second-order valence-electron chi connectivity index (χ2n) is 10.4. The number of halogens is 1. The molecule has 0 aromatic heterocycles. The van der Waals surface area contributed by atoms with E-state index < -0.39 is 6.04 Å². The van der Waals surface area contributed by atoms with Gasteiger partial charge in [0.05, 0.1) is 12.6 Å². The molecule has 6 nitrogen and oxygen atoms in total. The fourth-order valence-corrected chi connectivity index (χ4v) is 5.67. The summed E-state index contributed by atoms with van der Waals surface area (Å²) in [5.74, 6) is -0.206. The van der Waals surface area contributed by atoms with E-state index >= 15 is 0 Å². The number of nitrogens with one attached hydrogen (secondary N) is 2. The average Bonchev–Trinajstić information content (AvgIpc) is 3.06. The molecule has 0 unspecified atom stereocenters. The normalized spacial score (nSPS) is 18.8. The van der Waals surface area contributed by atoms with E-state index in [1.54, 1.807) is 14.0 Å². The first kappa shape index (κ1) is 28.1. The number of para-hydroxylation sites is 1. The molecule has 2 N–H and O–H groups in total. The zero-order valence-electron chi connectivity index (χ0n) is 22.4. The molecule has 3 aromatic carbocycles. The Bertz CT molecular complexity index is 1270. The summed E-state index contributed by atoms with van der Waals surface area (Å²) in [7, 11) is 1.75. The smallest absolute Gasteiger partial charge is 0.249 e. The predicted octanol–water partition coefficient (Wildman–Crippen LogP) is 4.82. The molecule has 3 aromatic rings. The first-order valence-corrected chi connectivity index (χ1v) is 13.6. The van der Waals surface area contributed by atoms with Crippen LogP contribution in [0.5, 0.6) is 0 Å². The minimum Gasteiger partial charge on any atom is -0.343 e. The van der Waals surface area contributed by atoms with E-state index in [-0.39, 0.29) is 30.3 Å². The van der Waals surface area contributed by atoms with Crippen molar-refractivity contribution in [1.82, 2.24) is 15.5 Å². The van der Waals surface area contributed by atoms with Crippen molar-refractivity contribution in [3.8, 4) is 0 Å². The monoisotopic (exact) mass is 534 g/mol. The van der Waals surface area contributed by atoms with Gasteiger partial charge < -0.3 is 15.5 Å². The molecule has 2 amide bonds. The molecule has 0 aliphatic carbocycles. The zero-order valence-corrected chi connectivity index (χ0v) is 23.2. The lowest BCUT2D eigenvalue weighted by atomic mass is 9.98. The molecule has 5 rings (SSSR count). The number of rotatable bonds is 7. The van der Waals surface area contributed by atoms with Crippen LogP contribution >= 0.6 is 12.4 Å². The number of likely N-dealkylation sites (tertiary alicyclic amines) is 1. The van der Waals surface area contributed by atoms with Crippen molar-refractivity contribution in [1.29, 1.82) is 0 Å². The van der Waals surface area contributed by atoms with Gasteiger partial charge in [0, 0.05) is 12.2 Å². The number of likely N-dealkylation sites (N-methyl/N-ethyl adjacent to an activating group) is 1. The van der Waals surface area contributed by atoms with Crippen LogP contribution in [-0.2, 0) is 29.1 Å². The maximum atomic E-state index is 13.9. The number of amides is 2. The second-order valence-corrected chi connectivity index (χ2v) is 10.4. The number of carbonyl (C=O) groups excluding carboxylic acids is 2. The summed E-state index contributed by atoms with van der Waals surface area (Å²) in [5, 5.41) is 8.42. The molecular formula is C31H39ClN4O2. The minimum atomic E-state index is -0.555. The highest BCUT2D eigenvalue weighted by atomic mass is 35.5. The van der Waals surface area contributed by atoms with Crippen molar-refractivity contribution in [3.63, 3.8) is 0 Å². The van der Waals surface area contributed by atoms with E-state index in [2.05, 4.69) is 58.0 Å². The van der Waals surface area contributed by atoms with Crippen molar-refractivity contribution in [3.05, 3.63) is 77.4 Å². The Hall–Kier alpha value is -2.93. The Morgan fingerprint density at radius 3 is 2.24 bits per heavy atom. The van der Waals surface area contributed by atoms with E-state index in [1.165, 1.54) is 35.6 Å². The quantitative estimate of drug-likeness (QED) is 0.456. The van der Waals surface area contributed by atoms with Gasteiger partial charge in [-0.05, 0) is 86.3 Å². The number of benzene rings is 3. The molecule has 0 spiro atoms. The molecule has 0 saturated carbocycles. The molecular weight excluding hydrogens is 496 g/mol. The summed E-state index contributed by atoms with van der Waals surface area (Å²) in [6, 6.07) is 20.2. The molecule has 0 radical (unpaired) electrons. The molecule has 7 heteroatoms. The fourth-order valence-electron chi connectivity index (χ4n) is 5.67. The van der Waals surface area contributed by atoms with Crippen LogP contribution in [0.1, 0.15) is 49.3 Å². The third kappa shape index (κ3) is 6.04. The van der Waals surface area contributed by atoms with Crippen molar-refractivity contribution in [2.45, 2.75) is 64.2 Å². The molecule has 2 aliphatic rings. The third-order valence-corrected chi connectivity index (χ3v) is 7.97. The summed E-state index contributed by atoms with van der Waals surface area (Å²) in [6.45, 7) is 5.56. The van der Waals surface area contributed by atoms with Gasteiger partial charge in [-0.3, -0.25) is 14.5 Å². The molecule has 0 bridgehead atoms. The molecule has 2 atom stereocenters. The van der Waals surface area contributed by atoms with Crippen molar-refractivity contribution < 1.29 is 9.59 Å². The number of carbonyl (C=O) groups is 2. The Labute approximate surface area is 232 Å². The lowest BCUT2D eigenvalue weighted by molar-refractivity contribution is -0.128. The SMILES string of the molecule is CN[C@@H](C)C(=O)N[C@H]1CCc2ccccc2N(Cc2ccc(CN3CCCCC3)c3ccccc23)C1=O.Cl. The van der Waals surface area contributed by atoms with Gasteiger partial charge >= 0.3 is 0 Å². The van der Waals surface area contributed by atoms with Crippen LogP contribution in [0.4, 0.5) is 5.69 Å². The van der Waals surface area contributed by atoms with Gasteiger partial charge in [0.15, 0.2) is 0 Å². The number of hydrogen-bond acceptors (Lipinski definition) is 4. The third-order valence-electron chi connectivity index (χ3n) is 7.97. The molecule has 1 saturated heterocycles. The van der Waals surface area contributed by atoms with Crippen molar-refractivity contribution >= 4 is 40.7 Å². The molecule has 1 fully saturated rings. The van der Waals surface area contributed by atoms with Crippen molar-refractivity contribution in [2.75, 3.05) is 25.0 Å². The summed E-state index contributed by atoms with van der Waals surface area (Å²) in [6.07, 6.45) is 5.21. The Morgan fingerprint density at radius 2 is 1.55 bits per heavy atom. The van der Waals surface area contributed by atoms with E-state index in [1.807, 2.05) is 23.1 Å². The second kappa shape index (κ2) is 12.7. The lowest BCUT2D eigenvalue weighted by Crippen LogP contribution is -2.52. The predicted molar refractivity (Wildman–Crippen MR) is 157 cm³/mol. The van der Waals surface area contributed by atoms with Gasteiger partial charge in [-0.1, -0.05) is 61.0 Å². The summed E-state index contributed by atoms with van der Waals surface area (Å²) in [5.41, 5.74) is 4.54. The largest absolute Gasteiger partial charge is 0.343 e. The van der Waals surface area contributed by atoms with E-state index in [0.29, 0.717) is 13.0 Å². The van der Waals surface area contributed by atoms with Crippen LogP contribution < -0.4 is 15.5 Å². The maximum Gasteiger partial charge on any atom is 0.249 e. The van der Waals surface area contributed by atoms with Gasteiger partial charge in [0.1, 0.15) is 6.04 Å². The number of anilines is 1. The molecule has 202 valence electrons. The highest BCUT2D eigenvalue weighted by Crippen LogP contribution is 2.31. The summed E-state index contributed by atoms with van der Waals surface area (Å²) < 4.78 is 0. The Kier molecular flexibility index (Phi) is 9.42. The van der Waals surface area contributed by atoms with Crippen molar-refractivity contribution in [2.24, 2.45) is 0 Å². The zero-order chi connectivity index (χ0) is 25.8. The van der Waals surface area contributed by atoms with E-state index in [0.717, 1.165) is 42.9 Å². The fraction of sp³-hybridized carbons (Fsp3) is 0.419. The number of fused-ring (bicyclic) bond motifs is 2. The van der Waals surface area contributed by atoms with Crippen LogP contribution in [0, 0.1) is 0 Å². The molecule has 2 heterocycles. The first-order chi connectivity index (χ1) is 18.0. The van der Waals surface area contributed by atoms with Gasteiger partial charge in [-0.25, -0.2) is 0 Å². The highest BCUT2D eigenvalue weighted by Gasteiger charge is 2.32. The van der Waals surface area contributed by atoms with Gasteiger partial charge in [-0.15, -0.1) is 12.4 Å². The summed E-state index contributed by atoms with van der Waals surface area (Å²) >= 11 is 0. The van der Waals surface area contributed by atoms with Crippen LogP contribution in [0.3, 0.4) is 0 Å². The number of nitrogens with zero attached hydrogens (tertiary/aromatic N) is 2. The first-order valence-electron chi connectivity index (χ1n) is 13.6. The number of aryl methyl sites for hydroxylation is 1. The number of hydrogen-bond donors (Lipinski definition) is 2. The van der Waals surface area contributed by atoms with Crippen LogP contribution in [-0.4, -0.2) is 48.9 Å². The highest BCUT2D eigenvalue weighted by molar-refractivity contribution is 6.01. The Balaban J connectivity index is 0.00000336. The molecule has 38 heavy (non-hydrogen) atoms.